The Balaban J connectivity index is 1.98. The van der Waals surface area contributed by atoms with Crippen LogP contribution in [0.4, 0.5) is 0 Å². The number of para-hydroxylation sites is 1. The highest BCUT2D eigenvalue weighted by atomic mass is 35.5. The third-order valence-electron chi connectivity index (χ3n) is 3.64. The highest BCUT2D eigenvalue weighted by Crippen LogP contribution is 2.23. The molecule has 0 aromatic heterocycles. The van der Waals surface area contributed by atoms with Crippen molar-refractivity contribution in [1.82, 2.24) is 5.32 Å². The molecule has 0 saturated carbocycles. The molecule has 0 radical (unpaired) electrons. The van der Waals surface area contributed by atoms with Crippen LogP contribution in [0, 0.1) is 0 Å². The highest BCUT2D eigenvalue weighted by molar-refractivity contribution is 6.30. The van der Waals surface area contributed by atoms with Crippen molar-refractivity contribution in [1.29, 1.82) is 0 Å². The first-order valence-corrected chi connectivity index (χ1v) is 8.21. The number of benzene rings is 2. The number of carboxylic acids is 1. The van der Waals surface area contributed by atoms with E-state index in [1.54, 1.807) is 36.4 Å². The molecule has 2 aromatic rings. The van der Waals surface area contributed by atoms with E-state index < -0.39 is 11.6 Å². The molecule has 0 fully saturated rings. The first-order chi connectivity index (χ1) is 11.8. The van der Waals surface area contributed by atoms with Crippen molar-refractivity contribution in [3.05, 3.63) is 64.7 Å². The zero-order valence-corrected chi connectivity index (χ0v) is 14.8. The standard InChI is InChI=1S/C19H20ClNO4/c1-19(2,18(23)24)25-16-6-4-3-5-13(16)11-12-21-17(22)14-7-9-15(20)10-8-14/h3-10H,11-12H2,1-2H3,(H,21,22)(H,23,24). The monoisotopic (exact) mass is 361 g/mol. The average Bonchev–Trinajstić information content (AvgIpc) is 2.56. The number of nitrogens with one attached hydrogen (secondary N) is 1. The Morgan fingerprint density at radius 3 is 2.40 bits per heavy atom. The number of aliphatic carboxylic acids is 1. The molecular weight excluding hydrogens is 342 g/mol. The van der Waals surface area contributed by atoms with Crippen LogP contribution in [0.2, 0.25) is 5.02 Å². The third-order valence-corrected chi connectivity index (χ3v) is 3.89. The molecule has 0 bridgehead atoms. The summed E-state index contributed by atoms with van der Waals surface area (Å²) in [5.41, 5.74) is 0.0250. The molecule has 2 aromatic carbocycles. The van der Waals surface area contributed by atoms with Crippen LogP contribution < -0.4 is 10.1 Å². The Hall–Kier alpha value is -2.53. The molecule has 0 spiro atoms. The van der Waals surface area contributed by atoms with E-state index in [1.165, 1.54) is 13.8 Å². The number of halogens is 1. The number of ether oxygens (including phenoxy) is 1. The van der Waals surface area contributed by atoms with Crippen molar-refractivity contribution in [3.63, 3.8) is 0 Å². The number of amides is 1. The summed E-state index contributed by atoms with van der Waals surface area (Å²) in [6, 6.07) is 13.8. The average molecular weight is 362 g/mol. The number of carbonyl (C=O) groups is 2. The van der Waals surface area contributed by atoms with E-state index in [2.05, 4.69) is 5.32 Å². The van der Waals surface area contributed by atoms with Crippen LogP contribution in [0.25, 0.3) is 0 Å². The minimum absolute atomic E-state index is 0.194. The van der Waals surface area contributed by atoms with Crippen molar-refractivity contribution >= 4 is 23.5 Å². The van der Waals surface area contributed by atoms with Crippen LogP contribution in [-0.4, -0.2) is 29.1 Å². The Morgan fingerprint density at radius 1 is 1.12 bits per heavy atom. The molecule has 0 saturated heterocycles. The minimum atomic E-state index is -1.33. The molecule has 5 nitrogen and oxygen atoms in total. The Labute approximate surface area is 151 Å². The van der Waals surface area contributed by atoms with Crippen LogP contribution in [-0.2, 0) is 11.2 Å². The second-order valence-corrected chi connectivity index (χ2v) is 6.47. The summed E-state index contributed by atoms with van der Waals surface area (Å²) in [4.78, 5) is 23.3. The van der Waals surface area contributed by atoms with Crippen molar-refractivity contribution in [2.45, 2.75) is 25.9 Å². The molecule has 0 aliphatic heterocycles. The lowest BCUT2D eigenvalue weighted by Gasteiger charge is -2.23. The smallest absolute Gasteiger partial charge is 0.347 e. The molecule has 2 rings (SSSR count). The number of carbonyl (C=O) groups excluding carboxylic acids is 1. The van der Waals surface area contributed by atoms with E-state index in [1.807, 2.05) is 12.1 Å². The number of carboxylic acid groups (broad SMARTS) is 1. The van der Waals surface area contributed by atoms with Gasteiger partial charge in [0, 0.05) is 17.1 Å². The first-order valence-electron chi connectivity index (χ1n) is 7.83. The van der Waals surface area contributed by atoms with E-state index >= 15 is 0 Å². The summed E-state index contributed by atoms with van der Waals surface area (Å²) in [5.74, 6) is -0.741. The van der Waals surface area contributed by atoms with Gasteiger partial charge in [-0.3, -0.25) is 4.79 Å². The predicted molar refractivity (Wildman–Crippen MR) is 96.3 cm³/mol. The summed E-state index contributed by atoms with van der Waals surface area (Å²) >= 11 is 5.81. The van der Waals surface area contributed by atoms with Gasteiger partial charge in [0.2, 0.25) is 0 Å². The Morgan fingerprint density at radius 2 is 1.76 bits per heavy atom. The topological polar surface area (TPSA) is 75.6 Å². The highest BCUT2D eigenvalue weighted by Gasteiger charge is 2.30. The van der Waals surface area contributed by atoms with Gasteiger partial charge in [0.1, 0.15) is 5.75 Å². The molecule has 0 unspecified atom stereocenters. The molecule has 25 heavy (non-hydrogen) atoms. The fourth-order valence-electron chi connectivity index (χ4n) is 2.14. The van der Waals surface area contributed by atoms with Gasteiger partial charge in [-0.05, 0) is 56.2 Å². The number of hydrogen-bond acceptors (Lipinski definition) is 3. The lowest BCUT2D eigenvalue weighted by atomic mass is 10.1. The summed E-state index contributed by atoms with van der Waals surface area (Å²) < 4.78 is 5.62. The van der Waals surface area contributed by atoms with Crippen LogP contribution >= 0.6 is 11.6 Å². The van der Waals surface area contributed by atoms with E-state index in [9.17, 15) is 14.7 Å². The minimum Gasteiger partial charge on any atom is -0.478 e. The van der Waals surface area contributed by atoms with Crippen LogP contribution in [0.1, 0.15) is 29.8 Å². The zero-order valence-electron chi connectivity index (χ0n) is 14.1. The summed E-state index contributed by atoms with van der Waals surface area (Å²) in [6.45, 7) is 3.39. The van der Waals surface area contributed by atoms with Crippen molar-refractivity contribution in [3.8, 4) is 5.75 Å². The Bertz CT molecular complexity index is 756. The molecular formula is C19H20ClNO4. The molecule has 2 N–H and O–H groups in total. The van der Waals surface area contributed by atoms with E-state index in [0.29, 0.717) is 29.3 Å². The van der Waals surface area contributed by atoms with Gasteiger partial charge in [0.15, 0.2) is 5.60 Å². The maximum absolute atomic E-state index is 12.1. The SMILES string of the molecule is CC(C)(Oc1ccccc1CCNC(=O)c1ccc(Cl)cc1)C(=O)O. The van der Waals surface area contributed by atoms with Gasteiger partial charge in [-0.1, -0.05) is 29.8 Å². The maximum Gasteiger partial charge on any atom is 0.347 e. The fourth-order valence-corrected chi connectivity index (χ4v) is 2.27. The maximum atomic E-state index is 12.1. The van der Waals surface area contributed by atoms with Gasteiger partial charge >= 0.3 is 5.97 Å². The van der Waals surface area contributed by atoms with E-state index in [4.69, 9.17) is 16.3 Å². The van der Waals surface area contributed by atoms with Gasteiger partial charge in [-0.2, -0.15) is 0 Å². The van der Waals surface area contributed by atoms with Crippen molar-refractivity contribution in [2.75, 3.05) is 6.54 Å². The van der Waals surface area contributed by atoms with Crippen molar-refractivity contribution < 1.29 is 19.4 Å². The largest absolute Gasteiger partial charge is 0.478 e. The van der Waals surface area contributed by atoms with Crippen molar-refractivity contribution in [2.24, 2.45) is 0 Å². The molecule has 0 heterocycles. The Kier molecular flexibility index (Phi) is 6.04. The second kappa shape index (κ2) is 8.03. The zero-order chi connectivity index (χ0) is 18.4. The van der Waals surface area contributed by atoms with Crippen LogP contribution in [0.3, 0.4) is 0 Å². The van der Waals surface area contributed by atoms with Gasteiger partial charge in [0.05, 0.1) is 0 Å². The quantitative estimate of drug-likeness (QED) is 0.790. The number of rotatable bonds is 7. The van der Waals surface area contributed by atoms with Gasteiger partial charge in [-0.15, -0.1) is 0 Å². The van der Waals surface area contributed by atoms with E-state index in [0.717, 1.165) is 5.56 Å². The molecule has 132 valence electrons. The first kappa shape index (κ1) is 18.8. The normalized spacial score (nSPS) is 11.0. The predicted octanol–water partition coefficient (Wildman–Crippen LogP) is 3.55. The van der Waals surface area contributed by atoms with Crippen LogP contribution in [0.15, 0.2) is 48.5 Å². The molecule has 0 aliphatic carbocycles. The molecule has 6 heteroatoms. The summed E-state index contributed by atoms with van der Waals surface area (Å²) in [5, 5.41) is 12.6. The molecule has 0 aliphatic rings. The molecule has 1 amide bonds. The summed E-state index contributed by atoms with van der Waals surface area (Å²) in [6.07, 6.45) is 0.519. The second-order valence-electron chi connectivity index (χ2n) is 6.04. The number of hydrogen-bond donors (Lipinski definition) is 2. The van der Waals surface area contributed by atoms with Gasteiger partial charge < -0.3 is 15.2 Å². The van der Waals surface area contributed by atoms with Crippen LogP contribution in [0.5, 0.6) is 5.75 Å². The molecule has 0 atom stereocenters. The summed E-state index contributed by atoms with van der Waals surface area (Å²) in [7, 11) is 0. The lowest BCUT2D eigenvalue weighted by molar-refractivity contribution is -0.152. The fraction of sp³-hybridized carbons (Fsp3) is 0.263. The lowest BCUT2D eigenvalue weighted by Crippen LogP contribution is -2.38. The van der Waals surface area contributed by atoms with Gasteiger partial charge in [0.25, 0.3) is 5.91 Å². The van der Waals surface area contributed by atoms with Gasteiger partial charge in [-0.25, -0.2) is 4.79 Å². The third kappa shape index (κ3) is 5.22. The van der Waals surface area contributed by atoms with E-state index in [-0.39, 0.29) is 5.91 Å².